The Hall–Kier alpha value is -0.680. The molecule has 1 atom stereocenters. The fourth-order valence-electron chi connectivity index (χ4n) is 2.20. The molecule has 106 valence electrons. The van der Waals surface area contributed by atoms with Crippen molar-refractivity contribution in [1.82, 2.24) is 10.2 Å². The van der Waals surface area contributed by atoms with Gasteiger partial charge in [0.15, 0.2) is 0 Å². The number of nitrogens with zero attached hydrogens (tertiary/aromatic N) is 1. The molecular weight excluding hydrogens is 267 g/mol. The molecule has 2 rings (SSSR count). The molecule has 0 bridgehead atoms. The normalized spacial score (nSPS) is 18.5. The molecule has 5 heteroatoms. The van der Waals surface area contributed by atoms with Gasteiger partial charge in [0.05, 0.1) is 18.2 Å². The molecule has 19 heavy (non-hydrogen) atoms. The summed E-state index contributed by atoms with van der Waals surface area (Å²) < 4.78 is 18.6. The van der Waals surface area contributed by atoms with Gasteiger partial charge in [-0.2, -0.15) is 0 Å². The zero-order chi connectivity index (χ0) is 13.7. The first-order chi connectivity index (χ1) is 9.16. The molecule has 1 heterocycles. The van der Waals surface area contributed by atoms with Gasteiger partial charge in [-0.1, -0.05) is 23.7 Å². The molecule has 1 N–H and O–H groups in total. The lowest BCUT2D eigenvalue weighted by molar-refractivity contribution is 0.0343. The number of hydrogen-bond acceptors (Lipinski definition) is 3. The molecule has 1 aromatic rings. The van der Waals surface area contributed by atoms with Crippen molar-refractivity contribution in [3.8, 4) is 0 Å². The summed E-state index contributed by atoms with van der Waals surface area (Å²) in [7, 11) is 0. The van der Waals surface area contributed by atoms with E-state index < -0.39 is 0 Å². The third kappa shape index (κ3) is 4.42. The Kier molecular flexibility index (Phi) is 5.58. The molecule has 3 nitrogen and oxygen atoms in total. The second kappa shape index (κ2) is 7.20. The summed E-state index contributed by atoms with van der Waals surface area (Å²) in [5, 5.41) is 3.60. The minimum Gasteiger partial charge on any atom is -0.379 e. The average Bonchev–Trinajstić information content (AvgIpc) is 2.42. The second-order valence-electron chi connectivity index (χ2n) is 4.91. The van der Waals surface area contributed by atoms with Crippen molar-refractivity contribution >= 4 is 11.6 Å². The molecule has 1 aromatic carbocycles. The number of halogens is 2. The van der Waals surface area contributed by atoms with Crippen molar-refractivity contribution < 1.29 is 9.13 Å². The number of hydrogen-bond donors (Lipinski definition) is 1. The quantitative estimate of drug-likeness (QED) is 0.899. The van der Waals surface area contributed by atoms with Crippen LogP contribution in [0.15, 0.2) is 18.2 Å². The molecule has 1 fully saturated rings. The van der Waals surface area contributed by atoms with Gasteiger partial charge < -0.3 is 10.1 Å². The van der Waals surface area contributed by atoms with Gasteiger partial charge in [0.2, 0.25) is 0 Å². The summed E-state index contributed by atoms with van der Waals surface area (Å²) in [6.45, 7) is 7.26. The van der Waals surface area contributed by atoms with E-state index in [9.17, 15) is 4.39 Å². The van der Waals surface area contributed by atoms with Crippen LogP contribution in [-0.4, -0.2) is 43.8 Å². The molecular formula is C14H20ClFN2O. The van der Waals surface area contributed by atoms with E-state index in [1.807, 2.05) is 6.07 Å². The van der Waals surface area contributed by atoms with Crippen molar-refractivity contribution in [3.63, 3.8) is 0 Å². The minimum absolute atomic E-state index is 0.216. The topological polar surface area (TPSA) is 24.5 Å². The van der Waals surface area contributed by atoms with Gasteiger partial charge in [0, 0.05) is 32.2 Å². The zero-order valence-corrected chi connectivity index (χ0v) is 11.9. The lowest BCUT2D eigenvalue weighted by atomic mass is 10.2. The highest BCUT2D eigenvalue weighted by Crippen LogP contribution is 2.19. The molecule has 1 aliphatic rings. The molecule has 0 aliphatic carbocycles. The molecule has 0 radical (unpaired) electrons. The van der Waals surface area contributed by atoms with Crippen LogP contribution >= 0.6 is 11.6 Å². The monoisotopic (exact) mass is 286 g/mol. The molecule has 1 aliphatic heterocycles. The van der Waals surface area contributed by atoms with Crippen molar-refractivity contribution in [2.75, 3.05) is 32.8 Å². The highest BCUT2D eigenvalue weighted by Gasteiger charge is 2.14. The van der Waals surface area contributed by atoms with Crippen LogP contribution in [0.1, 0.15) is 12.5 Å². The third-order valence-electron chi connectivity index (χ3n) is 3.31. The Morgan fingerprint density at radius 3 is 2.89 bits per heavy atom. The SMILES string of the molecule is CC(CN1CCOCC1)NCc1cccc(F)c1Cl. The smallest absolute Gasteiger partial charge is 0.142 e. The molecule has 1 saturated heterocycles. The fourth-order valence-corrected chi connectivity index (χ4v) is 2.40. The van der Waals surface area contributed by atoms with Crippen LogP contribution in [-0.2, 0) is 11.3 Å². The van der Waals surface area contributed by atoms with E-state index in [1.54, 1.807) is 6.07 Å². The maximum atomic E-state index is 13.3. The zero-order valence-electron chi connectivity index (χ0n) is 11.2. The van der Waals surface area contributed by atoms with Crippen LogP contribution < -0.4 is 5.32 Å². The number of nitrogens with one attached hydrogen (secondary N) is 1. The van der Waals surface area contributed by atoms with Gasteiger partial charge in [-0.15, -0.1) is 0 Å². The Bertz CT molecular complexity index is 410. The summed E-state index contributed by atoms with van der Waals surface area (Å²) in [6.07, 6.45) is 0. The van der Waals surface area contributed by atoms with Crippen LogP contribution in [0.5, 0.6) is 0 Å². The number of rotatable bonds is 5. The van der Waals surface area contributed by atoms with Gasteiger partial charge in [-0.3, -0.25) is 4.90 Å². The second-order valence-corrected chi connectivity index (χ2v) is 5.29. The Labute approximate surface area is 118 Å². The van der Waals surface area contributed by atoms with Crippen LogP contribution in [0.4, 0.5) is 4.39 Å². The maximum Gasteiger partial charge on any atom is 0.142 e. The van der Waals surface area contributed by atoms with Gasteiger partial charge in [-0.25, -0.2) is 4.39 Å². The average molecular weight is 287 g/mol. The summed E-state index contributed by atoms with van der Waals surface area (Å²) in [4.78, 5) is 2.37. The van der Waals surface area contributed by atoms with Crippen molar-refractivity contribution in [2.24, 2.45) is 0 Å². The minimum atomic E-state index is -0.359. The Morgan fingerprint density at radius 1 is 1.42 bits per heavy atom. The Morgan fingerprint density at radius 2 is 2.16 bits per heavy atom. The molecule has 0 saturated carbocycles. The Balaban J connectivity index is 1.79. The van der Waals surface area contributed by atoms with Gasteiger partial charge >= 0.3 is 0 Å². The highest BCUT2D eigenvalue weighted by atomic mass is 35.5. The predicted octanol–water partition coefficient (Wildman–Crippen LogP) is 2.29. The summed E-state index contributed by atoms with van der Waals surface area (Å²) in [6, 6.07) is 5.24. The summed E-state index contributed by atoms with van der Waals surface area (Å²) in [5.41, 5.74) is 0.801. The molecule has 1 unspecified atom stereocenters. The lowest BCUT2D eigenvalue weighted by Crippen LogP contribution is -2.44. The van der Waals surface area contributed by atoms with Crippen LogP contribution in [0.3, 0.4) is 0 Å². The maximum absolute atomic E-state index is 13.3. The van der Waals surface area contributed by atoms with Crippen molar-refractivity contribution in [2.45, 2.75) is 19.5 Å². The lowest BCUT2D eigenvalue weighted by Gasteiger charge is -2.29. The van der Waals surface area contributed by atoms with E-state index in [-0.39, 0.29) is 10.8 Å². The number of benzene rings is 1. The van der Waals surface area contributed by atoms with Crippen molar-refractivity contribution in [1.29, 1.82) is 0 Å². The van der Waals surface area contributed by atoms with E-state index in [4.69, 9.17) is 16.3 Å². The van der Waals surface area contributed by atoms with E-state index in [1.165, 1.54) is 6.07 Å². The third-order valence-corrected chi connectivity index (χ3v) is 3.73. The van der Waals surface area contributed by atoms with Gasteiger partial charge in [0.25, 0.3) is 0 Å². The van der Waals surface area contributed by atoms with E-state index >= 15 is 0 Å². The van der Waals surface area contributed by atoms with E-state index in [0.717, 1.165) is 38.4 Å². The number of ether oxygens (including phenoxy) is 1. The predicted molar refractivity (Wildman–Crippen MR) is 75.0 cm³/mol. The first-order valence-electron chi connectivity index (χ1n) is 6.63. The van der Waals surface area contributed by atoms with Crippen molar-refractivity contribution in [3.05, 3.63) is 34.6 Å². The van der Waals surface area contributed by atoms with Crippen LogP contribution in [0.2, 0.25) is 5.02 Å². The summed E-state index contributed by atoms with van der Waals surface area (Å²) >= 11 is 5.93. The first kappa shape index (κ1) is 14.7. The summed E-state index contributed by atoms with van der Waals surface area (Å²) in [5.74, 6) is -0.359. The first-order valence-corrected chi connectivity index (χ1v) is 7.01. The number of morpholine rings is 1. The molecule has 0 spiro atoms. The van der Waals surface area contributed by atoms with Crippen LogP contribution in [0, 0.1) is 5.82 Å². The molecule has 0 aromatic heterocycles. The fraction of sp³-hybridized carbons (Fsp3) is 0.571. The van der Waals surface area contributed by atoms with Gasteiger partial charge in [-0.05, 0) is 18.6 Å². The highest BCUT2D eigenvalue weighted by molar-refractivity contribution is 6.31. The van der Waals surface area contributed by atoms with Gasteiger partial charge in [0.1, 0.15) is 5.82 Å². The standard InChI is InChI=1S/C14H20ClFN2O/c1-11(10-18-5-7-19-8-6-18)17-9-12-3-2-4-13(16)14(12)15/h2-4,11,17H,5-10H2,1H3. The largest absolute Gasteiger partial charge is 0.379 e. The van der Waals surface area contributed by atoms with E-state index in [2.05, 4.69) is 17.1 Å². The molecule has 0 amide bonds. The van der Waals surface area contributed by atoms with E-state index in [0.29, 0.717) is 12.6 Å². The van der Waals surface area contributed by atoms with Crippen LogP contribution in [0.25, 0.3) is 0 Å².